The third-order valence-corrected chi connectivity index (χ3v) is 3.26. The molecule has 0 radical (unpaired) electrons. The molecule has 102 valence electrons. The first-order valence-corrected chi connectivity index (χ1v) is 6.65. The van der Waals surface area contributed by atoms with E-state index in [1.54, 1.807) is 7.11 Å². The molecule has 1 aromatic heterocycles. The van der Waals surface area contributed by atoms with Crippen LogP contribution in [0.4, 0.5) is 0 Å². The van der Waals surface area contributed by atoms with E-state index in [9.17, 15) is 0 Å². The molecule has 4 heteroatoms. The third-order valence-electron chi connectivity index (χ3n) is 3.26. The van der Waals surface area contributed by atoms with Gasteiger partial charge in [-0.2, -0.15) is 0 Å². The Kier molecular flexibility index (Phi) is 4.58. The largest absolute Gasteiger partial charge is 0.496 e. The monoisotopic (exact) mass is 259 g/mol. The van der Waals surface area contributed by atoms with E-state index < -0.39 is 0 Å². The van der Waals surface area contributed by atoms with Crippen molar-refractivity contribution in [2.24, 2.45) is 0 Å². The van der Waals surface area contributed by atoms with Crippen molar-refractivity contribution in [2.45, 2.75) is 32.9 Å². The Morgan fingerprint density at radius 2 is 2.16 bits per heavy atom. The Bertz CT molecular complexity index is 522. The molecule has 0 spiro atoms. The molecule has 0 amide bonds. The molecule has 0 aliphatic heterocycles. The van der Waals surface area contributed by atoms with E-state index in [0.717, 1.165) is 35.8 Å². The minimum Gasteiger partial charge on any atom is -0.496 e. The van der Waals surface area contributed by atoms with Crippen molar-refractivity contribution in [3.8, 4) is 17.0 Å². The van der Waals surface area contributed by atoms with Gasteiger partial charge in [0.2, 0.25) is 0 Å². The van der Waals surface area contributed by atoms with E-state index in [0.29, 0.717) is 6.04 Å². The fourth-order valence-electron chi connectivity index (χ4n) is 1.87. The molecule has 0 saturated carbocycles. The molecule has 0 aliphatic carbocycles. The van der Waals surface area contributed by atoms with Crippen molar-refractivity contribution in [3.63, 3.8) is 0 Å². The van der Waals surface area contributed by atoms with Crippen LogP contribution in [-0.2, 0) is 6.54 Å². The number of benzene rings is 1. The lowest BCUT2D eigenvalue weighted by atomic mass is 10.1. The number of ether oxygens (including phenoxy) is 1. The average Bonchev–Trinajstić information content (AvgIpc) is 2.93. The van der Waals surface area contributed by atoms with Crippen LogP contribution < -0.4 is 10.1 Å². The Morgan fingerprint density at radius 3 is 2.89 bits per heavy atom. The molecule has 0 fully saturated rings. The van der Waals surface area contributed by atoms with Gasteiger partial charge in [-0.1, -0.05) is 19.1 Å². The normalized spacial score (nSPS) is 12.4. The molecule has 2 aromatic rings. The van der Waals surface area contributed by atoms with Gasteiger partial charge in [0.25, 0.3) is 0 Å². The molecular weight excluding hydrogens is 238 g/mol. The average molecular weight is 259 g/mol. The number of hydrogen-bond acceptors (Lipinski definition) is 3. The molecule has 1 aromatic carbocycles. The van der Waals surface area contributed by atoms with Gasteiger partial charge < -0.3 is 15.0 Å². The fraction of sp³-hybridized carbons (Fsp3) is 0.400. The summed E-state index contributed by atoms with van der Waals surface area (Å²) in [4.78, 5) is 7.73. The van der Waals surface area contributed by atoms with Crippen LogP contribution in [0.1, 0.15) is 26.1 Å². The zero-order valence-corrected chi connectivity index (χ0v) is 11.7. The number of para-hydroxylation sites is 1. The summed E-state index contributed by atoms with van der Waals surface area (Å²) >= 11 is 0. The number of methoxy groups -OCH3 is 1. The van der Waals surface area contributed by atoms with Crippen molar-refractivity contribution in [3.05, 3.63) is 36.3 Å². The first-order chi connectivity index (χ1) is 9.24. The molecule has 4 nitrogen and oxygen atoms in total. The van der Waals surface area contributed by atoms with Crippen LogP contribution >= 0.6 is 0 Å². The molecule has 2 rings (SSSR count). The molecular formula is C15H21N3O. The second-order valence-corrected chi connectivity index (χ2v) is 4.63. The van der Waals surface area contributed by atoms with E-state index in [2.05, 4.69) is 29.1 Å². The number of rotatable bonds is 6. The topological polar surface area (TPSA) is 49.9 Å². The zero-order chi connectivity index (χ0) is 13.7. The first-order valence-electron chi connectivity index (χ1n) is 6.65. The van der Waals surface area contributed by atoms with Crippen LogP contribution in [0, 0.1) is 0 Å². The van der Waals surface area contributed by atoms with Gasteiger partial charge in [-0.15, -0.1) is 0 Å². The molecule has 2 N–H and O–H groups in total. The first kappa shape index (κ1) is 13.6. The maximum Gasteiger partial charge on any atom is 0.128 e. The molecule has 1 heterocycles. The van der Waals surface area contributed by atoms with Crippen LogP contribution in [0.5, 0.6) is 5.75 Å². The fourth-order valence-corrected chi connectivity index (χ4v) is 1.87. The predicted molar refractivity (Wildman–Crippen MR) is 77.2 cm³/mol. The van der Waals surface area contributed by atoms with E-state index in [1.165, 1.54) is 0 Å². The van der Waals surface area contributed by atoms with E-state index in [4.69, 9.17) is 4.74 Å². The maximum absolute atomic E-state index is 5.36. The number of hydrogen-bond donors (Lipinski definition) is 2. The number of nitrogens with one attached hydrogen (secondary N) is 2. The summed E-state index contributed by atoms with van der Waals surface area (Å²) < 4.78 is 5.36. The Morgan fingerprint density at radius 1 is 1.37 bits per heavy atom. The SMILES string of the molecule is CCC(C)NCc1ncc(-c2ccccc2OC)[nH]1. The van der Waals surface area contributed by atoms with Gasteiger partial charge in [0.05, 0.1) is 25.5 Å². The standard InChI is InChI=1S/C15H21N3O/c1-4-11(2)16-10-15-17-9-13(18-15)12-7-5-6-8-14(12)19-3/h5-9,11,16H,4,10H2,1-3H3,(H,17,18). The maximum atomic E-state index is 5.36. The molecule has 0 bridgehead atoms. The van der Waals surface area contributed by atoms with Crippen LogP contribution in [0.3, 0.4) is 0 Å². The lowest BCUT2D eigenvalue weighted by Gasteiger charge is -2.09. The van der Waals surface area contributed by atoms with Crippen LogP contribution in [0.25, 0.3) is 11.3 Å². The summed E-state index contributed by atoms with van der Waals surface area (Å²) in [5.41, 5.74) is 2.02. The van der Waals surface area contributed by atoms with Crippen molar-refractivity contribution >= 4 is 0 Å². The minimum absolute atomic E-state index is 0.500. The third kappa shape index (κ3) is 3.35. The Labute approximate surface area is 114 Å². The number of H-pyrrole nitrogens is 1. The molecule has 19 heavy (non-hydrogen) atoms. The lowest BCUT2D eigenvalue weighted by Crippen LogP contribution is -2.24. The lowest BCUT2D eigenvalue weighted by molar-refractivity contribution is 0.416. The van der Waals surface area contributed by atoms with E-state index in [-0.39, 0.29) is 0 Å². The van der Waals surface area contributed by atoms with Crippen molar-refractivity contribution in [2.75, 3.05) is 7.11 Å². The highest BCUT2D eigenvalue weighted by molar-refractivity contribution is 5.66. The molecule has 1 atom stereocenters. The number of imidazole rings is 1. The minimum atomic E-state index is 0.500. The van der Waals surface area contributed by atoms with Crippen molar-refractivity contribution in [1.29, 1.82) is 0 Å². The highest BCUT2D eigenvalue weighted by Gasteiger charge is 2.08. The second-order valence-electron chi connectivity index (χ2n) is 4.63. The highest BCUT2D eigenvalue weighted by Crippen LogP contribution is 2.27. The summed E-state index contributed by atoms with van der Waals surface area (Å²) in [6.45, 7) is 5.09. The molecule has 0 saturated heterocycles. The quantitative estimate of drug-likeness (QED) is 0.838. The van der Waals surface area contributed by atoms with Crippen LogP contribution in [0.15, 0.2) is 30.5 Å². The summed E-state index contributed by atoms with van der Waals surface area (Å²) in [7, 11) is 1.68. The van der Waals surface area contributed by atoms with Gasteiger partial charge in [-0.3, -0.25) is 0 Å². The summed E-state index contributed by atoms with van der Waals surface area (Å²) in [6.07, 6.45) is 2.96. The van der Waals surface area contributed by atoms with Gasteiger partial charge in [0, 0.05) is 11.6 Å². The van der Waals surface area contributed by atoms with Crippen LogP contribution in [-0.4, -0.2) is 23.1 Å². The van der Waals surface area contributed by atoms with Gasteiger partial charge >= 0.3 is 0 Å². The number of aromatic nitrogens is 2. The second kappa shape index (κ2) is 6.38. The Hall–Kier alpha value is -1.81. The van der Waals surface area contributed by atoms with Gasteiger partial charge in [0.1, 0.15) is 11.6 Å². The molecule has 0 aliphatic rings. The number of nitrogens with zero attached hydrogens (tertiary/aromatic N) is 1. The Balaban J connectivity index is 2.12. The van der Waals surface area contributed by atoms with Crippen molar-refractivity contribution in [1.82, 2.24) is 15.3 Å². The van der Waals surface area contributed by atoms with Gasteiger partial charge in [-0.05, 0) is 25.5 Å². The smallest absolute Gasteiger partial charge is 0.128 e. The summed E-state index contributed by atoms with van der Waals surface area (Å²) in [5.74, 6) is 1.80. The zero-order valence-electron chi connectivity index (χ0n) is 11.7. The van der Waals surface area contributed by atoms with Crippen molar-refractivity contribution < 1.29 is 4.74 Å². The van der Waals surface area contributed by atoms with E-state index >= 15 is 0 Å². The van der Waals surface area contributed by atoms with Gasteiger partial charge in [-0.25, -0.2) is 4.98 Å². The summed E-state index contributed by atoms with van der Waals surface area (Å²) in [6, 6.07) is 8.44. The number of aromatic amines is 1. The van der Waals surface area contributed by atoms with Crippen LogP contribution in [0.2, 0.25) is 0 Å². The summed E-state index contributed by atoms with van der Waals surface area (Å²) in [5, 5.41) is 3.42. The predicted octanol–water partition coefficient (Wildman–Crippen LogP) is 2.97. The highest BCUT2D eigenvalue weighted by atomic mass is 16.5. The van der Waals surface area contributed by atoms with Gasteiger partial charge in [0.15, 0.2) is 0 Å². The molecule has 1 unspecified atom stereocenters. The van der Waals surface area contributed by atoms with E-state index in [1.807, 2.05) is 30.5 Å².